The summed E-state index contributed by atoms with van der Waals surface area (Å²) in [4.78, 5) is 2.38. The molecular formula is C14H32NO3PS. The summed E-state index contributed by atoms with van der Waals surface area (Å²) in [7, 11) is 0. The van der Waals surface area contributed by atoms with Crippen LogP contribution in [-0.2, 0) is 13.6 Å². The van der Waals surface area contributed by atoms with Gasteiger partial charge in [-0.25, -0.2) is 4.57 Å². The van der Waals surface area contributed by atoms with E-state index < -0.39 is 6.80 Å². The van der Waals surface area contributed by atoms with Crippen LogP contribution in [0.25, 0.3) is 0 Å². The van der Waals surface area contributed by atoms with Crippen LogP contribution in [0.2, 0.25) is 0 Å². The molecule has 0 aromatic rings. The molecule has 0 bridgehead atoms. The Balaban J connectivity index is 4.50. The lowest BCUT2D eigenvalue weighted by atomic mass is 10.2. The van der Waals surface area contributed by atoms with Crippen molar-refractivity contribution >= 4 is 18.2 Å². The molecule has 0 aliphatic carbocycles. The van der Waals surface area contributed by atoms with E-state index in [1.807, 2.05) is 27.7 Å². The molecule has 0 saturated carbocycles. The zero-order valence-corrected chi connectivity index (χ0v) is 16.0. The van der Waals surface area contributed by atoms with Crippen LogP contribution in [0.15, 0.2) is 0 Å². The summed E-state index contributed by atoms with van der Waals surface area (Å²) in [5.74, 6) is 0.743. The summed E-state index contributed by atoms with van der Waals surface area (Å²) >= 11 is 1.31. The maximum Gasteiger partial charge on any atom is 0.389 e. The Labute approximate surface area is 129 Å². The Morgan fingerprint density at radius 3 is 1.60 bits per heavy atom. The molecule has 0 amide bonds. The molecule has 0 N–H and O–H groups in total. The van der Waals surface area contributed by atoms with Crippen LogP contribution < -0.4 is 0 Å². The standard InChI is InChI=1S/C14H32NO3PS/c1-11(2)15(12(3)4)9-10-20-19(16,17-13(5)6)18-14(7)8/h11-14H,9-10H2,1-8H3. The third-order valence-electron chi connectivity index (χ3n) is 2.61. The molecule has 0 aliphatic heterocycles. The minimum absolute atomic E-state index is 0.0987. The maximum atomic E-state index is 12.7. The van der Waals surface area contributed by atoms with Crippen molar-refractivity contribution in [2.45, 2.75) is 79.7 Å². The molecule has 20 heavy (non-hydrogen) atoms. The highest BCUT2D eigenvalue weighted by atomic mass is 32.7. The zero-order valence-electron chi connectivity index (χ0n) is 14.3. The molecular weight excluding hydrogens is 293 g/mol. The molecule has 0 unspecified atom stereocenters. The summed E-state index contributed by atoms with van der Waals surface area (Å²) in [6.45, 7) is 14.1. The van der Waals surface area contributed by atoms with Crippen LogP contribution in [-0.4, -0.2) is 41.5 Å². The molecule has 0 spiro atoms. The molecule has 0 aliphatic rings. The van der Waals surface area contributed by atoms with E-state index in [0.717, 1.165) is 12.3 Å². The predicted molar refractivity (Wildman–Crippen MR) is 89.5 cm³/mol. The van der Waals surface area contributed by atoms with Gasteiger partial charge in [0.05, 0.1) is 12.2 Å². The first-order valence-corrected chi connectivity index (χ1v) is 10.6. The Kier molecular flexibility index (Phi) is 9.69. The van der Waals surface area contributed by atoms with Gasteiger partial charge in [0, 0.05) is 24.4 Å². The fourth-order valence-electron chi connectivity index (χ4n) is 1.97. The maximum absolute atomic E-state index is 12.7. The summed E-state index contributed by atoms with van der Waals surface area (Å²) in [5, 5.41) is 0. The van der Waals surface area contributed by atoms with E-state index in [2.05, 4.69) is 32.6 Å². The van der Waals surface area contributed by atoms with Crippen LogP contribution in [0.4, 0.5) is 0 Å². The van der Waals surface area contributed by atoms with Crippen LogP contribution in [0.3, 0.4) is 0 Å². The summed E-state index contributed by atoms with van der Waals surface area (Å²) in [6, 6.07) is 0.957. The van der Waals surface area contributed by atoms with Gasteiger partial charge >= 0.3 is 6.80 Å². The summed E-state index contributed by atoms with van der Waals surface area (Å²) in [6.07, 6.45) is -0.197. The Morgan fingerprint density at radius 2 is 1.30 bits per heavy atom. The van der Waals surface area contributed by atoms with Gasteiger partial charge in [0.2, 0.25) is 0 Å². The Bertz CT molecular complexity index is 287. The molecule has 122 valence electrons. The van der Waals surface area contributed by atoms with Gasteiger partial charge in [0.1, 0.15) is 0 Å². The van der Waals surface area contributed by atoms with Gasteiger partial charge in [0.15, 0.2) is 0 Å². The van der Waals surface area contributed by atoms with Crippen molar-refractivity contribution in [1.82, 2.24) is 4.90 Å². The van der Waals surface area contributed by atoms with Crippen molar-refractivity contribution in [3.63, 3.8) is 0 Å². The monoisotopic (exact) mass is 325 g/mol. The zero-order chi connectivity index (χ0) is 15.9. The molecule has 0 atom stereocenters. The normalized spacial score (nSPS) is 13.4. The van der Waals surface area contributed by atoms with Gasteiger partial charge in [-0.1, -0.05) is 0 Å². The Hall–Kier alpha value is 0.460. The van der Waals surface area contributed by atoms with E-state index >= 15 is 0 Å². The van der Waals surface area contributed by atoms with E-state index in [1.165, 1.54) is 11.4 Å². The highest BCUT2D eigenvalue weighted by Crippen LogP contribution is 2.62. The first-order valence-electron chi connectivity index (χ1n) is 7.44. The van der Waals surface area contributed by atoms with Gasteiger partial charge in [-0.15, -0.1) is 0 Å². The van der Waals surface area contributed by atoms with E-state index in [1.54, 1.807) is 0 Å². The average Bonchev–Trinajstić information content (AvgIpc) is 2.20. The number of hydrogen-bond donors (Lipinski definition) is 0. The number of nitrogens with zero attached hydrogens (tertiary/aromatic N) is 1. The fourth-order valence-corrected chi connectivity index (χ4v) is 6.01. The lowest BCUT2D eigenvalue weighted by Crippen LogP contribution is -2.38. The molecule has 4 nitrogen and oxygen atoms in total. The van der Waals surface area contributed by atoms with Crippen molar-refractivity contribution in [2.24, 2.45) is 0 Å². The van der Waals surface area contributed by atoms with Gasteiger partial charge < -0.3 is 0 Å². The third-order valence-corrected chi connectivity index (χ3v) is 6.66. The smallest absolute Gasteiger partial charge is 0.298 e. The molecule has 0 fully saturated rings. The van der Waals surface area contributed by atoms with Crippen molar-refractivity contribution < 1.29 is 13.6 Å². The van der Waals surface area contributed by atoms with Crippen LogP contribution >= 0.6 is 18.2 Å². The lowest BCUT2D eigenvalue weighted by molar-refractivity contribution is 0.155. The second-order valence-corrected chi connectivity index (χ2v) is 10.1. The van der Waals surface area contributed by atoms with E-state index in [-0.39, 0.29) is 12.2 Å². The van der Waals surface area contributed by atoms with E-state index in [9.17, 15) is 4.57 Å². The molecule has 0 rings (SSSR count). The molecule has 0 aromatic heterocycles. The van der Waals surface area contributed by atoms with Crippen molar-refractivity contribution in [1.29, 1.82) is 0 Å². The van der Waals surface area contributed by atoms with Crippen molar-refractivity contribution in [3.05, 3.63) is 0 Å². The Morgan fingerprint density at radius 1 is 0.900 bits per heavy atom. The average molecular weight is 325 g/mol. The van der Waals surface area contributed by atoms with E-state index in [4.69, 9.17) is 9.05 Å². The summed E-state index contributed by atoms with van der Waals surface area (Å²) < 4.78 is 23.7. The minimum atomic E-state index is -3.06. The van der Waals surface area contributed by atoms with Crippen LogP contribution in [0.1, 0.15) is 55.4 Å². The minimum Gasteiger partial charge on any atom is -0.298 e. The van der Waals surface area contributed by atoms with Gasteiger partial charge in [-0.05, 0) is 66.8 Å². The van der Waals surface area contributed by atoms with Crippen molar-refractivity contribution in [2.75, 3.05) is 12.3 Å². The first kappa shape index (κ1) is 20.5. The van der Waals surface area contributed by atoms with E-state index in [0.29, 0.717) is 12.1 Å². The van der Waals surface area contributed by atoms with Gasteiger partial charge in [0.25, 0.3) is 0 Å². The van der Waals surface area contributed by atoms with Crippen LogP contribution in [0, 0.1) is 0 Å². The molecule has 0 aromatic carbocycles. The third kappa shape index (κ3) is 8.68. The topological polar surface area (TPSA) is 38.8 Å². The molecule has 0 saturated heterocycles. The predicted octanol–water partition coefficient (Wildman–Crippen LogP) is 4.80. The molecule has 0 radical (unpaired) electrons. The second kappa shape index (κ2) is 9.47. The molecule has 0 heterocycles. The van der Waals surface area contributed by atoms with Gasteiger partial charge in [-0.3, -0.25) is 13.9 Å². The number of rotatable bonds is 10. The largest absolute Gasteiger partial charge is 0.389 e. The highest BCUT2D eigenvalue weighted by Gasteiger charge is 2.29. The molecule has 6 heteroatoms. The number of hydrogen-bond acceptors (Lipinski definition) is 5. The fraction of sp³-hybridized carbons (Fsp3) is 1.00. The van der Waals surface area contributed by atoms with Crippen LogP contribution in [0.5, 0.6) is 0 Å². The summed E-state index contributed by atoms with van der Waals surface area (Å²) in [5.41, 5.74) is 0. The first-order chi connectivity index (χ1) is 9.07. The second-order valence-electron chi connectivity index (χ2n) is 6.01. The lowest BCUT2D eigenvalue weighted by Gasteiger charge is -2.31. The quantitative estimate of drug-likeness (QED) is 0.540. The van der Waals surface area contributed by atoms with Crippen molar-refractivity contribution in [3.8, 4) is 0 Å². The SMILES string of the molecule is CC(C)OP(=O)(OC(C)C)SCCN(C(C)C)C(C)C. The highest BCUT2D eigenvalue weighted by molar-refractivity contribution is 8.55. The van der Waals surface area contributed by atoms with Gasteiger partial charge in [-0.2, -0.15) is 0 Å².